The molecule has 7 nitrogen and oxygen atoms in total. The van der Waals surface area contributed by atoms with Crippen molar-refractivity contribution in [3.8, 4) is 0 Å². The fourth-order valence-electron chi connectivity index (χ4n) is 2.38. The summed E-state index contributed by atoms with van der Waals surface area (Å²) in [5, 5.41) is 4.36. The predicted molar refractivity (Wildman–Crippen MR) is 84.5 cm³/mol. The fourth-order valence-corrected chi connectivity index (χ4v) is 3.58. The van der Waals surface area contributed by atoms with Gasteiger partial charge in [-0.2, -0.15) is 14.6 Å². The molecule has 114 valence electrons. The summed E-state index contributed by atoms with van der Waals surface area (Å²) in [7, 11) is 0. The topological polar surface area (TPSA) is 84.6 Å². The minimum Gasteiger partial charge on any atom is -0.267 e. The maximum absolute atomic E-state index is 12.7. The number of aromatic nitrogens is 3. The molecule has 0 unspecified atom stereocenters. The van der Waals surface area contributed by atoms with E-state index in [1.807, 2.05) is 0 Å². The lowest BCUT2D eigenvalue weighted by molar-refractivity contribution is 0.0924. The van der Waals surface area contributed by atoms with Crippen LogP contribution in [0.4, 0.5) is 5.69 Å². The molecule has 1 aliphatic rings. The number of thiazole rings is 1. The molecule has 4 rings (SSSR count). The molecule has 1 aliphatic heterocycles. The number of hydrogen-bond donors (Lipinski definition) is 0. The average Bonchev–Trinajstić information content (AvgIpc) is 2.98. The molecule has 0 fully saturated rings. The van der Waals surface area contributed by atoms with Gasteiger partial charge in [0.2, 0.25) is 4.96 Å². The number of halogens is 1. The zero-order valence-electron chi connectivity index (χ0n) is 11.6. The highest BCUT2D eigenvalue weighted by molar-refractivity contribution is 7.19. The molecule has 9 heteroatoms. The average molecular weight is 347 g/mol. The van der Waals surface area contributed by atoms with E-state index in [1.165, 1.54) is 11.4 Å². The SMILES string of the molecule is Cc1nn2c3c(sc2nc1=O)C(=O)N(c1ccccc1Cl)C3=O. The zero-order chi connectivity index (χ0) is 16.3. The monoisotopic (exact) mass is 346 g/mol. The minimum absolute atomic E-state index is 0.102. The number of amides is 2. The molecule has 2 amide bonds. The van der Waals surface area contributed by atoms with E-state index in [4.69, 9.17) is 11.6 Å². The van der Waals surface area contributed by atoms with Crippen molar-refractivity contribution in [3.63, 3.8) is 0 Å². The van der Waals surface area contributed by atoms with E-state index in [2.05, 4.69) is 10.1 Å². The Bertz CT molecular complexity index is 1070. The smallest absolute Gasteiger partial charge is 0.267 e. The Kier molecular flexibility index (Phi) is 2.87. The van der Waals surface area contributed by atoms with Crippen LogP contribution in [0.3, 0.4) is 0 Å². The van der Waals surface area contributed by atoms with Crippen LogP contribution in [0.1, 0.15) is 25.9 Å². The summed E-state index contributed by atoms with van der Waals surface area (Å²) in [6.07, 6.45) is 0. The number of para-hydroxylation sites is 1. The fraction of sp³-hybridized carbons (Fsp3) is 0.0714. The van der Waals surface area contributed by atoms with E-state index in [-0.39, 0.29) is 21.2 Å². The molecule has 0 saturated carbocycles. The first-order valence-corrected chi connectivity index (χ1v) is 7.72. The number of imide groups is 1. The highest BCUT2D eigenvalue weighted by Gasteiger charge is 2.42. The van der Waals surface area contributed by atoms with Gasteiger partial charge in [0, 0.05) is 0 Å². The van der Waals surface area contributed by atoms with Gasteiger partial charge in [0.25, 0.3) is 17.4 Å². The number of fused-ring (bicyclic) bond motifs is 3. The summed E-state index contributed by atoms with van der Waals surface area (Å²) >= 11 is 7.05. The summed E-state index contributed by atoms with van der Waals surface area (Å²) in [5.74, 6) is -1.04. The molecular weight excluding hydrogens is 340 g/mol. The standard InChI is InChI=1S/C14H7ClN4O3S/c1-6-11(20)16-14-19(17-6)9-10(23-14)13(22)18(12(9)21)8-5-3-2-4-7(8)15/h2-5H,1H3. The molecule has 0 atom stereocenters. The molecule has 0 aliphatic carbocycles. The van der Waals surface area contributed by atoms with E-state index >= 15 is 0 Å². The van der Waals surface area contributed by atoms with Crippen LogP contribution >= 0.6 is 22.9 Å². The Hall–Kier alpha value is -2.58. The largest absolute Gasteiger partial charge is 0.295 e. The van der Waals surface area contributed by atoms with E-state index in [9.17, 15) is 14.4 Å². The van der Waals surface area contributed by atoms with Crippen molar-refractivity contribution < 1.29 is 9.59 Å². The van der Waals surface area contributed by atoms with Crippen LogP contribution in [-0.2, 0) is 0 Å². The summed E-state index contributed by atoms with van der Waals surface area (Å²) in [6, 6.07) is 6.59. The Labute approximate surface area is 137 Å². The van der Waals surface area contributed by atoms with Gasteiger partial charge in [-0.15, -0.1) is 0 Å². The van der Waals surface area contributed by atoms with Gasteiger partial charge in [-0.25, -0.2) is 4.90 Å². The summed E-state index contributed by atoms with van der Waals surface area (Å²) < 4.78 is 1.24. The predicted octanol–water partition coefficient (Wildman–Crippen LogP) is 1.91. The van der Waals surface area contributed by atoms with E-state index in [0.717, 1.165) is 16.2 Å². The highest BCUT2D eigenvalue weighted by Crippen LogP contribution is 2.35. The Morgan fingerprint density at radius 3 is 2.61 bits per heavy atom. The molecule has 1 aromatic carbocycles. The normalized spacial score (nSPS) is 13.9. The Morgan fingerprint density at radius 2 is 1.87 bits per heavy atom. The quantitative estimate of drug-likeness (QED) is 0.628. The van der Waals surface area contributed by atoms with Crippen molar-refractivity contribution in [2.75, 3.05) is 4.90 Å². The van der Waals surface area contributed by atoms with E-state index in [0.29, 0.717) is 10.7 Å². The summed E-state index contributed by atoms with van der Waals surface area (Å²) in [4.78, 5) is 42.2. The van der Waals surface area contributed by atoms with Crippen LogP contribution in [0.2, 0.25) is 5.02 Å². The lowest BCUT2D eigenvalue weighted by Gasteiger charge is -2.15. The molecule has 23 heavy (non-hydrogen) atoms. The van der Waals surface area contributed by atoms with Crippen LogP contribution in [0.15, 0.2) is 29.1 Å². The lowest BCUT2D eigenvalue weighted by atomic mass is 10.3. The minimum atomic E-state index is -0.540. The third-order valence-electron chi connectivity index (χ3n) is 3.45. The van der Waals surface area contributed by atoms with Crippen molar-refractivity contribution in [1.29, 1.82) is 0 Å². The van der Waals surface area contributed by atoms with Crippen molar-refractivity contribution >= 4 is 45.4 Å². The second-order valence-electron chi connectivity index (χ2n) is 4.87. The number of benzene rings is 1. The number of nitrogens with zero attached hydrogens (tertiary/aromatic N) is 4. The first-order valence-electron chi connectivity index (χ1n) is 6.53. The third-order valence-corrected chi connectivity index (χ3v) is 4.79. The van der Waals surface area contributed by atoms with Crippen LogP contribution in [0.25, 0.3) is 4.96 Å². The second kappa shape index (κ2) is 4.71. The number of anilines is 1. The molecule has 0 spiro atoms. The van der Waals surface area contributed by atoms with Crippen molar-refractivity contribution in [2.45, 2.75) is 6.92 Å². The van der Waals surface area contributed by atoms with Gasteiger partial charge < -0.3 is 0 Å². The molecule has 3 aromatic rings. The van der Waals surface area contributed by atoms with Gasteiger partial charge in [0.15, 0.2) is 5.69 Å². The number of aryl methyl sites for hydroxylation is 1. The van der Waals surface area contributed by atoms with E-state index < -0.39 is 17.4 Å². The van der Waals surface area contributed by atoms with Crippen LogP contribution in [0, 0.1) is 6.92 Å². The Morgan fingerprint density at radius 1 is 1.13 bits per heavy atom. The van der Waals surface area contributed by atoms with Gasteiger partial charge in [-0.05, 0) is 19.1 Å². The van der Waals surface area contributed by atoms with Gasteiger partial charge in [-0.3, -0.25) is 14.4 Å². The van der Waals surface area contributed by atoms with Crippen LogP contribution in [0.5, 0.6) is 0 Å². The van der Waals surface area contributed by atoms with Crippen LogP contribution in [-0.4, -0.2) is 26.4 Å². The highest BCUT2D eigenvalue weighted by atomic mass is 35.5. The summed E-state index contributed by atoms with van der Waals surface area (Å²) in [6.45, 7) is 1.50. The lowest BCUT2D eigenvalue weighted by Crippen LogP contribution is -2.30. The molecule has 3 heterocycles. The maximum Gasteiger partial charge on any atom is 0.295 e. The van der Waals surface area contributed by atoms with Crippen molar-refractivity contribution in [1.82, 2.24) is 14.6 Å². The Balaban J connectivity index is 1.96. The number of hydrogen-bond acceptors (Lipinski definition) is 6. The molecule has 2 aromatic heterocycles. The molecule has 0 bridgehead atoms. The van der Waals surface area contributed by atoms with Crippen LogP contribution < -0.4 is 10.5 Å². The second-order valence-corrected chi connectivity index (χ2v) is 6.26. The van der Waals surface area contributed by atoms with E-state index in [1.54, 1.807) is 24.3 Å². The molecule has 0 radical (unpaired) electrons. The first kappa shape index (κ1) is 14.0. The van der Waals surface area contributed by atoms with Crippen molar-refractivity contribution in [3.05, 3.63) is 55.9 Å². The van der Waals surface area contributed by atoms with Gasteiger partial charge in [0.1, 0.15) is 10.6 Å². The summed E-state index contributed by atoms with van der Waals surface area (Å²) in [5.41, 5.74) is 0.0873. The number of carbonyl (C=O) groups is 2. The van der Waals surface area contributed by atoms with Gasteiger partial charge >= 0.3 is 0 Å². The maximum atomic E-state index is 12.7. The zero-order valence-corrected chi connectivity index (χ0v) is 13.2. The van der Waals surface area contributed by atoms with Gasteiger partial charge in [0.05, 0.1) is 10.7 Å². The molecule has 0 N–H and O–H groups in total. The van der Waals surface area contributed by atoms with Gasteiger partial charge in [-0.1, -0.05) is 35.1 Å². The third kappa shape index (κ3) is 1.85. The van der Waals surface area contributed by atoms with Crippen molar-refractivity contribution in [2.24, 2.45) is 0 Å². The molecular formula is C14H7ClN4O3S. The number of rotatable bonds is 1. The first-order chi connectivity index (χ1) is 11.0. The number of carbonyl (C=O) groups excluding carboxylic acids is 2. The molecule has 0 saturated heterocycles.